The predicted molar refractivity (Wildman–Crippen MR) is 99.9 cm³/mol. The van der Waals surface area contributed by atoms with Gasteiger partial charge in [-0.05, 0) is 18.9 Å². The molecule has 0 bridgehead atoms. The molecule has 1 heterocycles. The summed E-state index contributed by atoms with van der Waals surface area (Å²) in [4.78, 5) is 26.2. The molecule has 1 aliphatic rings. The first-order chi connectivity index (χ1) is 11.7. The molecule has 0 spiro atoms. The molecule has 1 aliphatic heterocycles. The zero-order valence-corrected chi connectivity index (χ0v) is 15.5. The highest BCUT2D eigenvalue weighted by atomic mass is 35.5. The summed E-state index contributed by atoms with van der Waals surface area (Å²) in [5, 5.41) is 6.03. The largest absolute Gasteiger partial charge is 0.380 e. The number of ether oxygens (including phenoxy) is 1. The summed E-state index contributed by atoms with van der Waals surface area (Å²) in [5.74, 6) is -0.109. The summed E-state index contributed by atoms with van der Waals surface area (Å²) in [6.07, 6.45) is 0.970. The van der Waals surface area contributed by atoms with E-state index in [1.807, 2.05) is 37.3 Å². The predicted octanol–water partition coefficient (Wildman–Crippen LogP) is 0.994. The molecular formula is C18H28ClN3O3. The van der Waals surface area contributed by atoms with Gasteiger partial charge < -0.3 is 20.3 Å². The van der Waals surface area contributed by atoms with E-state index in [2.05, 4.69) is 10.6 Å². The highest BCUT2D eigenvalue weighted by molar-refractivity contribution is 5.88. The summed E-state index contributed by atoms with van der Waals surface area (Å²) in [5.41, 5.74) is 1.19. The Labute approximate surface area is 155 Å². The number of nitrogens with one attached hydrogen (secondary N) is 2. The van der Waals surface area contributed by atoms with Gasteiger partial charge in [-0.2, -0.15) is 0 Å². The number of benzene rings is 1. The average molecular weight is 370 g/mol. The number of rotatable bonds is 9. The zero-order valence-electron chi connectivity index (χ0n) is 14.7. The third-order valence-electron chi connectivity index (χ3n) is 4.06. The van der Waals surface area contributed by atoms with Gasteiger partial charge in [0.1, 0.15) is 0 Å². The van der Waals surface area contributed by atoms with Gasteiger partial charge in [-0.15, -0.1) is 12.4 Å². The number of halogens is 1. The second-order valence-electron chi connectivity index (χ2n) is 5.82. The maximum atomic E-state index is 12.4. The first-order valence-corrected chi connectivity index (χ1v) is 8.61. The van der Waals surface area contributed by atoms with E-state index < -0.39 is 6.04 Å². The van der Waals surface area contributed by atoms with E-state index in [0.717, 1.165) is 6.42 Å². The van der Waals surface area contributed by atoms with Crippen LogP contribution in [-0.2, 0) is 20.7 Å². The second kappa shape index (κ2) is 11.8. The molecule has 0 radical (unpaired) electrons. The fourth-order valence-corrected chi connectivity index (χ4v) is 2.74. The van der Waals surface area contributed by atoms with E-state index in [0.29, 0.717) is 39.4 Å². The fourth-order valence-electron chi connectivity index (χ4n) is 2.74. The van der Waals surface area contributed by atoms with E-state index in [-0.39, 0.29) is 30.6 Å². The molecule has 1 aromatic rings. The van der Waals surface area contributed by atoms with Crippen LogP contribution in [0.2, 0.25) is 0 Å². The Morgan fingerprint density at radius 3 is 2.84 bits per heavy atom. The van der Waals surface area contributed by atoms with Gasteiger partial charge in [0.25, 0.3) is 0 Å². The Hall–Kier alpha value is -1.63. The fraction of sp³-hybridized carbons (Fsp3) is 0.556. The van der Waals surface area contributed by atoms with Crippen molar-refractivity contribution >= 4 is 24.2 Å². The Bertz CT molecular complexity index is 528. The van der Waals surface area contributed by atoms with Gasteiger partial charge in [-0.25, -0.2) is 0 Å². The van der Waals surface area contributed by atoms with E-state index in [4.69, 9.17) is 4.74 Å². The van der Waals surface area contributed by atoms with Crippen LogP contribution in [0.4, 0.5) is 0 Å². The molecule has 0 aliphatic carbocycles. The quantitative estimate of drug-likeness (QED) is 0.637. The maximum absolute atomic E-state index is 12.4. The van der Waals surface area contributed by atoms with Crippen LogP contribution in [0, 0.1) is 0 Å². The Morgan fingerprint density at radius 2 is 2.12 bits per heavy atom. The second-order valence-corrected chi connectivity index (χ2v) is 5.82. The Morgan fingerprint density at radius 1 is 1.36 bits per heavy atom. The van der Waals surface area contributed by atoms with E-state index in [1.165, 1.54) is 5.56 Å². The van der Waals surface area contributed by atoms with Crippen molar-refractivity contribution in [2.75, 3.05) is 39.4 Å². The molecule has 6 nitrogen and oxygen atoms in total. The minimum absolute atomic E-state index is 0. The lowest BCUT2D eigenvalue weighted by atomic mass is 10.1. The van der Waals surface area contributed by atoms with Gasteiger partial charge in [-0.3, -0.25) is 9.59 Å². The van der Waals surface area contributed by atoms with Crippen molar-refractivity contribution < 1.29 is 14.3 Å². The van der Waals surface area contributed by atoms with Gasteiger partial charge >= 0.3 is 0 Å². The van der Waals surface area contributed by atoms with Crippen LogP contribution in [-0.4, -0.2) is 62.1 Å². The van der Waals surface area contributed by atoms with Crippen LogP contribution in [0.25, 0.3) is 0 Å². The molecule has 1 atom stereocenters. The van der Waals surface area contributed by atoms with Crippen molar-refractivity contribution in [1.82, 2.24) is 15.5 Å². The van der Waals surface area contributed by atoms with Crippen LogP contribution in [0.15, 0.2) is 30.3 Å². The van der Waals surface area contributed by atoms with Gasteiger partial charge in [0, 0.05) is 32.8 Å². The molecule has 1 fully saturated rings. The monoisotopic (exact) mass is 369 g/mol. The van der Waals surface area contributed by atoms with Crippen LogP contribution < -0.4 is 10.6 Å². The number of nitrogens with zero attached hydrogens (tertiary/aromatic N) is 1. The van der Waals surface area contributed by atoms with Gasteiger partial charge in [0.2, 0.25) is 11.8 Å². The summed E-state index contributed by atoms with van der Waals surface area (Å²) in [7, 11) is 0. The average Bonchev–Trinajstić information content (AvgIpc) is 2.59. The van der Waals surface area contributed by atoms with Crippen LogP contribution >= 0.6 is 12.4 Å². The standard InChI is InChI=1S/C18H27N3O3.ClH/c1-2-24-13-12-21-11-10-19-16(18(21)23)14-17(22)20-9-8-15-6-4-3-5-7-15;/h3-7,16,19H,2,8-14H2,1H3,(H,20,22);1H. The van der Waals surface area contributed by atoms with Crippen molar-refractivity contribution in [2.45, 2.75) is 25.8 Å². The van der Waals surface area contributed by atoms with Crippen LogP contribution in [0.5, 0.6) is 0 Å². The third kappa shape index (κ3) is 7.42. The van der Waals surface area contributed by atoms with E-state index >= 15 is 0 Å². The molecule has 25 heavy (non-hydrogen) atoms. The summed E-state index contributed by atoms with van der Waals surface area (Å²) in [6.45, 7) is 5.66. The molecule has 0 saturated carbocycles. The minimum atomic E-state index is -0.433. The van der Waals surface area contributed by atoms with Crippen molar-refractivity contribution in [3.8, 4) is 0 Å². The lowest BCUT2D eigenvalue weighted by Crippen LogP contribution is -2.56. The van der Waals surface area contributed by atoms with Gasteiger partial charge in [0.15, 0.2) is 0 Å². The lowest BCUT2D eigenvalue weighted by molar-refractivity contribution is -0.138. The smallest absolute Gasteiger partial charge is 0.240 e. The van der Waals surface area contributed by atoms with Crippen LogP contribution in [0.3, 0.4) is 0 Å². The van der Waals surface area contributed by atoms with Gasteiger partial charge in [-0.1, -0.05) is 30.3 Å². The van der Waals surface area contributed by atoms with Crippen molar-refractivity contribution in [2.24, 2.45) is 0 Å². The molecule has 1 saturated heterocycles. The summed E-state index contributed by atoms with van der Waals surface area (Å²) >= 11 is 0. The highest BCUT2D eigenvalue weighted by Crippen LogP contribution is 2.05. The first kappa shape index (κ1) is 21.4. The molecule has 0 aromatic heterocycles. The van der Waals surface area contributed by atoms with Crippen molar-refractivity contribution in [3.63, 3.8) is 0 Å². The molecular weight excluding hydrogens is 342 g/mol. The lowest BCUT2D eigenvalue weighted by Gasteiger charge is -2.32. The van der Waals surface area contributed by atoms with Crippen LogP contribution in [0.1, 0.15) is 18.9 Å². The molecule has 2 amide bonds. The maximum Gasteiger partial charge on any atom is 0.240 e. The normalized spacial score (nSPS) is 17.1. The molecule has 2 N–H and O–H groups in total. The summed E-state index contributed by atoms with van der Waals surface area (Å²) < 4.78 is 5.30. The van der Waals surface area contributed by atoms with Crippen molar-refractivity contribution in [3.05, 3.63) is 35.9 Å². The number of hydrogen-bond acceptors (Lipinski definition) is 4. The van der Waals surface area contributed by atoms with Crippen molar-refractivity contribution in [1.29, 1.82) is 0 Å². The molecule has 1 unspecified atom stereocenters. The molecule has 2 rings (SSSR count). The van der Waals surface area contributed by atoms with E-state index in [1.54, 1.807) is 4.90 Å². The number of carbonyl (C=O) groups is 2. The van der Waals surface area contributed by atoms with E-state index in [9.17, 15) is 9.59 Å². The Balaban J connectivity index is 0.00000312. The zero-order chi connectivity index (χ0) is 17.2. The number of carbonyl (C=O) groups excluding carboxylic acids is 2. The molecule has 1 aromatic carbocycles. The first-order valence-electron chi connectivity index (χ1n) is 8.61. The minimum Gasteiger partial charge on any atom is -0.380 e. The molecule has 140 valence electrons. The molecule has 7 heteroatoms. The Kier molecular flexibility index (Phi) is 10.1. The number of amides is 2. The number of hydrogen-bond donors (Lipinski definition) is 2. The third-order valence-corrected chi connectivity index (χ3v) is 4.06. The van der Waals surface area contributed by atoms with Gasteiger partial charge in [0.05, 0.1) is 19.1 Å². The highest BCUT2D eigenvalue weighted by Gasteiger charge is 2.29. The number of piperazine rings is 1. The SMILES string of the molecule is CCOCCN1CCNC(CC(=O)NCCc2ccccc2)C1=O.Cl. The summed E-state index contributed by atoms with van der Waals surface area (Å²) in [6, 6.07) is 9.58. The topological polar surface area (TPSA) is 70.7 Å².